The Kier molecular flexibility index (Phi) is 20.8. The van der Waals surface area contributed by atoms with E-state index in [0.717, 1.165) is 82.7 Å². The summed E-state index contributed by atoms with van der Waals surface area (Å²) in [6.45, 7) is 0. The van der Waals surface area contributed by atoms with Crippen LogP contribution in [0.3, 0.4) is 0 Å². The molecule has 226 valence electrons. The number of carboxylic acid groups (broad SMARTS) is 2. The van der Waals surface area contributed by atoms with Crippen molar-refractivity contribution < 1.29 is 46.4 Å². The molecule has 0 saturated heterocycles. The SMILES string of the molecule is CO[Si](CCCC(CCCCCCCCC(NC(=O)O)NC(=O)O)CCC[Si](OC)(OC)OC)(OC)OC. The lowest BCUT2D eigenvalue weighted by molar-refractivity contribution is 0.121. The van der Waals surface area contributed by atoms with E-state index in [1.54, 1.807) is 42.7 Å². The molecule has 0 heterocycles. The standard InChI is InChI=1S/C24H52N2O10Si2/c1-31-37(32-2,33-3)19-13-16-21(17-14-20-38(34-4,35-5)36-6)15-11-9-7-8-10-12-18-22(25-23(27)28)26-24(29)30/h21-22,25-26H,7-20H2,1-6H3,(H,27,28)(H,29,30). The summed E-state index contributed by atoms with van der Waals surface area (Å²) in [7, 11) is 4.73. The summed E-state index contributed by atoms with van der Waals surface area (Å²) in [6, 6.07) is 1.57. The maximum Gasteiger partial charge on any atom is 0.500 e. The third-order valence-electron chi connectivity index (χ3n) is 7.01. The average Bonchev–Trinajstić information content (AvgIpc) is 2.90. The topological polar surface area (TPSA) is 154 Å². The van der Waals surface area contributed by atoms with Gasteiger partial charge in [-0.3, -0.25) is 0 Å². The molecule has 0 rings (SSSR count). The van der Waals surface area contributed by atoms with E-state index in [9.17, 15) is 9.59 Å². The molecule has 14 heteroatoms. The molecule has 2 amide bonds. The zero-order valence-corrected chi connectivity index (χ0v) is 26.2. The van der Waals surface area contributed by atoms with Gasteiger partial charge in [0.05, 0.1) is 0 Å². The van der Waals surface area contributed by atoms with Gasteiger partial charge in [-0.2, -0.15) is 0 Å². The van der Waals surface area contributed by atoms with E-state index in [0.29, 0.717) is 12.3 Å². The van der Waals surface area contributed by atoms with E-state index >= 15 is 0 Å². The van der Waals surface area contributed by atoms with Crippen molar-refractivity contribution in [3.05, 3.63) is 0 Å². The zero-order valence-electron chi connectivity index (χ0n) is 24.2. The minimum atomic E-state index is -2.57. The van der Waals surface area contributed by atoms with Gasteiger partial charge in [0.15, 0.2) is 0 Å². The van der Waals surface area contributed by atoms with Crippen molar-refractivity contribution in [2.45, 2.75) is 95.3 Å². The normalized spacial score (nSPS) is 12.3. The lowest BCUT2D eigenvalue weighted by Crippen LogP contribution is -2.46. The second kappa shape index (κ2) is 21.5. The first-order valence-corrected chi connectivity index (χ1v) is 17.3. The zero-order chi connectivity index (χ0) is 28.9. The number of carbonyl (C=O) groups is 2. The van der Waals surface area contributed by atoms with Gasteiger partial charge in [-0.1, -0.05) is 51.4 Å². The molecule has 0 unspecified atom stereocenters. The van der Waals surface area contributed by atoms with Gasteiger partial charge in [-0.05, 0) is 31.6 Å². The van der Waals surface area contributed by atoms with E-state index in [-0.39, 0.29) is 0 Å². The minimum Gasteiger partial charge on any atom is -0.465 e. The second-order valence-electron chi connectivity index (χ2n) is 9.39. The van der Waals surface area contributed by atoms with Crippen LogP contribution in [-0.2, 0) is 26.6 Å². The fraction of sp³-hybridized carbons (Fsp3) is 0.917. The van der Waals surface area contributed by atoms with Gasteiger partial charge in [-0.25, -0.2) is 9.59 Å². The largest absolute Gasteiger partial charge is 0.500 e. The van der Waals surface area contributed by atoms with Gasteiger partial charge in [-0.15, -0.1) is 0 Å². The molecule has 0 aliphatic heterocycles. The van der Waals surface area contributed by atoms with E-state index < -0.39 is 36.0 Å². The molecular formula is C24H52N2O10Si2. The lowest BCUT2D eigenvalue weighted by Gasteiger charge is -2.26. The predicted molar refractivity (Wildman–Crippen MR) is 148 cm³/mol. The van der Waals surface area contributed by atoms with Crippen LogP contribution in [-0.4, -0.2) is 88.8 Å². The summed E-state index contributed by atoms with van der Waals surface area (Å²) in [4.78, 5) is 21.6. The van der Waals surface area contributed by atoms with Crippen molar-refractivity contribution in [2.24, 2.45) is 5.92 Å². The predicted octanol–water partition coefficient (Wildman–Crippen LogP) is 4.90. The van der Waals surface area contributed by atoms with Crippen molar-refractivity contribution in [3.8, 4) is 0 Å². The highest BCUT2D eigenvalue weighted by Crippen LogP contribution is 2.28. The van der Waals surface area contributed by atoms with Gasteiger partial charge >= 0.3 is 29.8 Å². The third-order valence-corrected chi connectivity index (χ3v) is 12.7. The summed E-state index contributed by atoms with van der Waals surface area (Å²) in [5, 5.41) is 22.0. The highest BCUT2D eigenvalue weighted by atomic mass is 28.4. The highest BCUT2D eigenvalue weighted by Gasteiger charge is 2.38. The Morgan fingerprint density at radius 2 is 0.868 bits per heavy atom. The number of nitrogens with one attached hydrogen (secondary N) is 2. The Labute approximate surface area is 230 Å². The molecule has 0 bridgehead atoms. The molecule has 0 spiro atoms. The Balaban J connectivity index is 4.54. The average molecular weight is 585 g/mol. The van der Waals surface area contributed by atoms with E-state index in [4.69, 9.17) is 36.8 Å². The van der Waals surface area contributed by atoms with Gasteiger partial charge in [0.2, 0.25) is 0 Å². The molecule has 0 aliphatic carbocycles. The molecule has 0 radical (unpaired) electrons. The fourth-order valence-electron chi connectivity index (χ4n) is 4.73. The van der Waals surface area contributed by atoms with Crippen molar-refractivity contribution >= 4 is 29.8 Å². The van der Waals surface area contributed by atoms with Gasteiger partial charge < -0.3 is 47.4 Å². The Morgan fingerprint density at radius 1 is 0.553 bits per heavy atom. The van der Waals surface area contributed by atoms with Crippen LogP contribution in [0.5, 0.6) is 0 Å². The van der Waals surface area contributed by atoms with E-state index in [1.165, 1.54) is 0 Å². The first-order chi connectivity index (χ1) is 18.1. The summed E-state index contributed by atoms with van der Waals surface area (Å²) >= 11 is 0. The molecule has 0 saturated carbocycles. The van der Waals surface area contributed by atoms with Crippen molar-refractivity contribution in [1.82, 2.24) is 10.6 Å². The molecule has 0 aromatic rings. The molecule has 0 aliphatic rings. The summed E-state index contributed by atoms with van der Waals surface area (Å²) in [5.41, 5.74) is 0. The number of unbranched alkanes of at least 4 members (excludes halogenated alkanes) is 5. The smallest absolute Gasteiger partial charge is 0.465 e. The van der Waals surface area contributed by atoms with Crippen LogP contribution < -0.4 is 10.6 Å². The molecule has 38 heavy (non-hydrogen) atoms. The molecular weight excluding hydrogens is 532 g/mol. The Bertz CT molecular complexity index is 566. The Morgan fingerprint density at radius 3 is 1.21 bits per heavy atom. The first kappa shape index (κ1) is 36.7. The maximum atomic E-state index is 10.8. The summed E-state index contributed by atoms with van der Waals surface area (Å²) in [6.07, 6.45) is 8.48. The van der Waals surface area contributed by atoms with E-state index in [2.05, 4.69) is 10.6 Å². The van der Waals surface area contributed by atoms with Crippen LogP contribution in [0.4, 0.5) is 9.59 Å². The molecule has 0 fully saturated rings. The van der Waals surface area contributed by atoms with Crippen molar-refractivity contribution in [2.75, 3.05) is 42.7 Å². The number of rotatable bonds is 25. The monoisotopic (exact) mass is 584 g/mol. The molecule has 0 atom stereocenters. The number of hydrogen-bond acceptors (Lipinski definition) is 8. The fourth-order valence-corrected chi connectivity index (χ4v) is 8.23. The van der Waals surface area contributed by atoms with Crippen LogP contribution >= 0.6 is 0 Å². The first-order valence-electron chi connectivity index (χ1n) is 13.4. The van der Waals surface area contributed by atoms with Crippen LogP contribution in [0, 0.1) is 5.92 Å². The summed E-state index contributed by atoms with van der Waals surface area (Å²) < 4.78 is 33.4. The lowest BCUT2D eigenvalue weighted by atomic mass is 9.92. The van der Waals surface area contributed by atoms with Crippen LogP contribution in [0.25, 0.3) is 0 Å². The van der Waals surface area contributed by atoms with Crippen LogP contribution in [0.15, 0.2) is 0 Å². The summed E-state index contributed by atoms with van der Waals surface area (Å²) in [5.74, 6) is 0.564. The number of hydrogen-bond donors (Lipinski definition) is 4. The molecule has 12 nitrogen and oxygen atoms in total. The van der Waals surface area contributed by atoms with Gasteiger partial charge in [0, 0.05) is 54.7 Å². The third kappa shape index (κ3) is 16.0. The van der Waals surface area contributed by atoms with Crippen molar-refractivity contribution in [3.63, 3.8) is 0 Å². The van der Waals surface area contributed by atoms with Crippen LogP contribution in [0.2, 0.25) is 12.1 Å². The van der Waals surface area contributed by atoms with E-state index in [1.807, 2.05) is 0 Å². The van der Waals surface area contributed by atoms with Crippen molar-refractivity contribution in [1.29, 1.82) is 0 Å². The number of amides is 2. The van der Waals surface area contributed by atoms with Gasteiger partial charge in [0.25, 0.3) is 0 Å². The molecule has 4 N–H and O–H groups in total. The Hall–Kier alpha value is -1.27. The molecule has 0 aromatic heterocycles. The maximum absolute atomic E-state index is 10.8. The quantitative estimate of drug-likeness (QED) is 0.0661. The molecule has 0 aromatic carbocycles. The highest BCUT2D eigenvalue weighted by molar-refractivity contribution is 6.60. The van der Waals surface area contributed by atoms with Gasteiger partial charge in [0.1, 0.15) is 6.17 Å². The van der Waals surface area contributed by atoms with Crippen LogP contribution in [0.1, 0.15) is 77.0 Å². The second-order valence-corrected chi connectivity index (χ2v) is 15.6. The minimum absolute atomic E-state index is 0.436.